The number of likely N-dealkylation sites (tertiary alicyclic amines) is 1. The van der Waals surface area contributed by atoms with E-state index in [0.29, 0.717) is 31.0 Å². The summed E-state index contributed by atoms with van der Waals surface area (Å²) in [4.78, 5) is 13.5. The number of nitrogens with zero attached hydrogens (tertiary/aromatic N) is 1. The van der Waals surface area contributed by atoms with E-state index < -0.39 is 11.4 Å². The lowest BCUT2D eigenvalue weighted by atomic mass is 9.84. The number of hydrogen-bond donors (Lipinski definition) is 1. The molecule has 1 heterocycles. The lowest BCUT2D eigenvalue weighted by Crippen LogP contribution is -2.35. The van der Waals surface area contributed by atoms with Crippen molar-refractivity contribution in [2.75, 3.05) is 26.2 Å². The molecule has 1 aliphatic rings. The number of halogens is 2. The van der Waals surface area contributed by atoms with E-state index in [0.717, 1.165) is 23.3 Å². The zero-order chi connectivity index (χ0) is 15.5. The van der Waals surface area contributed by atoms with Crippen molar-refractivity contribution < 1.29 is 14.6 Å². The SMILES string of the molecule is CCC1(C(=O)O)CCN(CCOc2ccc(Cl)cc2Br)C1. The topological polar surface area (TPSA) is 49.8 Å². The first-order chi connectivity index (χ1) is 9.97. The Morgan fingerprint density at radius 2 is 2.33 bits per heavy atom. The molecule has 21 heavy (non-hydrogen) atoms. The molecule has 116 valence electrons. The number of aliphatic carboxylic acids is 1. The highest BCUT2D eigenvalue weighted by Gasteiger charge is 2.42. The minimum Gasteiger partial charge on any atom is -0.491 e. The van der Waals surface area contributed by atoms with E-state index in [2.05, 4.69) is 20.8 Å². The summed E-state index contributed by atoms with van der Waals surface area (Å²) in [5.74, 6) is 0.0625. The van der Waals surface area contributed by atoms with E-state index in [1.807, 2.05) is 13.0 Å². The molecule has 0 radical (unpaired) electrons. The Morgan fingerprint density at radius 1 is 1.57 bits per heavy atom. The van der Waals surface area contributed by atoms with E-state index in [1.165, 1.54) is 0 Å². The van der Waals surface area contributed by atoms with Crippen molar-refractivity contribution in [2.45, 2.75) is 19.8 Å². The molecule has 0 bridgehead atoms. The molecular weight excluding hydrogens is 358 g/mol. The number of carbonyl (C=O) groups is 1. The lowest BCUT2D eigenvalue weighted by molar-refractivity contribution is -0.148. The first-order valence-electron chi connectivity index (χ1n) is 7.00. The van der Waals surface area contributed by atoms with E-state index in [9.17, 15) is 9.90 Å². The summed E-state index contributed by atoms with van der Waals surface area (Å²) in [7, 11) is 0. The fourth-order valence-corrected chi connectivity index (χ4v) is 3.44. The molecule has 1 saturated heterocycles. The van der Waals surface area contributed by atoms with Crippen LogP contribution in [-0.4, -0.2) is 42.2 Å². The minimum absolute atomic E-state index is 0.527. The number of carboxylic acids is 1. The molecule has 0 saturated carbocycles. The predicted molar refractivity (Wildman–Crippen MR) is 86.1 cm³/mol. The van der Waals surface area contributed by atoms with Crippen molar-refractivity contribution in [3.8, 4) is 5.75 Å². The van der Waals surface area contributed by atoms with Gasteiger partial charge in [-0.25, -0.2) is 0 Å². The monoisotopic (exact) mass is 375 g/mol. The average molecular weight is 377 g/mol. The maximum absolute atomic E-state index is 11.4. The second-order valence-corrected chi connectivity index (χ2v) is 6.68. The summed E-state index contributed by atoms with van der Waals surface area (Å²) in [5.41, 5.74) is -0.582. The molecule has 1 fully saturated rings. The number of ether oxygens (including phenoxy) is 1. The first kappa shape index (κ1) is 16.6. The van der Waals surface area contributed by atoms with Crippen molar-refractivity contribution >= 4 is 33.5 Å². The molecule has 2 rings (SSSR count). The van der Waals surface area contributed by atoms with Gasteiger partial charge in [0.15, 0.2) is 0 Å². The molecule has 1 N–H and O–H groups in total. The summed E-state index contributed by atoms with van der Waals surface area (Å²) in [6.07, 6.45) is 1.38. The van der Waals surface area contributed by atoms with Crippen LogP contribution in [0.15, 0.2) is 22.7 Å². The van der Waals surface area contributed by atoms with E-state index in [-0.39, 0.29) is 0 Å². The van der Waals surface area contributed by atoms with Crippen molar-refractivity contribution in [3.05, 3.63) is 27.7 Å². The van der Waals surface area contributed by atoms with Crippen LogP contribution in [0.1, 0.15) is 19.8 Å². The van der Waals surface area contributed by atoms with Crippen LogP contribution in [0.25, 0.3) is 0 Å². The van der Waals surface area contributed by atoms with Gasteiger partial charge in [0.2, 0.25) is 0 Å². The molecule has 0 aliphatic carbocycles. The van der Waals surface area contributed by atoms with Crippen LogP contribution >= 0.6 is 27.5 Å². The van der Waals surface area contributed by atoms with Gasteiger partial charge in [0.05, 0.1) is 9.89 Å². The molecule has 0 amide bonds. The Morgan fingerprint density at radius 3 is 2.90 bits per heavy atom. The Hall–Kier alpha value is -0.780. The van der Waals surface area contributed by atoms with Crippen LogP contribution < -0.4 is 4.74 Å². The van der Waals surface area contributed by atoms with Crippen molar-refractivity contribution in [3.63, 3.8) is 0 Å². The molecule has 1 aromatic carbocycles. The molecule has 4 nitrogen and oxygen atoms in total. The van der Waals surface area contributed by atoms with E-state index in [4.69, 9.17) is 16.3 Å². The van der Waals surface area contributed by atoms with E-state index in [1.54, 1.807) is 12.1 Å². The molecule has 6 heteroatoms. The van der Waals surface area contributed by atoms with Crippen LogP contribution in [-0.2, 0) is 4.79 Å². The van der Waals surface area contributed by atoms with Crippen LogP contribution in [0.5, 0.6) is 5.75 Å². The normalized spacial score (nSPS) is 22.4. The quantitative estimate of drug-likeness (QED) is 0.823. The lowest BCUT2D eigenvalue weighted by Gasteiger charge is -2.23. The smallest absolute Gasteiger partial charge is 0.310 e. The highest BCUT2D eigenvalue weighted by atomic mass is 79.9. The third-order valence-corrected chi connectivity index (χ3v) is 4.98. The zero-order valence-corrected chi connectivity index (χ0v) is 14.3. The molecule has 1 aliphatic heterocycles. The van der Waals surface area contributed by atoms with Gasteiger partial charge in [0.1, 0.15) is 12.4 Å². The third-order valence-electron chi connectivity index (χ3n) is 4.12. The number of carboxylic acid groups (broad SMARTS) is 1. The van der Waals surface area contributed by atoms with Crippen LogP contribution in [0.4, 0.5) is 0 Å². The number of hydrogen-bond acceptors (Lipinski definition) is 3. The Bertz CT molecular complexity index is 526. The van der Waals surface area contributed by atoms with Crippen molar-refractivity contribution in [1.29, 1.82) is 0 Å². The van der Waals surface area contributed by atoms with Gasteiger partial charge in [-0.1, -0.05) is 18.5 Å². The van der Waals surface area contributed by atoms with Crippen molar-refractivity contribution in [1.82, 2.24) is 4.90 Å². The van der Waals surface area contributed by atoms with Gasteiger partial charge in [-0.15, -0.1) is 0 Å². The highest BCUT2D eigenvalue weighted by Crippen LogP contribution is 2.34. The Balaban J connectivity index is 1.83. The van der Waals surface area contributed by atoms with Crippen LogP contribution in [0.2, 0.25) is 5.02 Å². The summed E-state index contributed by atoms with van der Waals surface area (Å²) in [5, 5.41) is 10.0. The van der Waals surface area contributed by atoms with Gasteiger partial charge in [-0.2, -0.15) is 0 Å². The molecule has 1 unspecified atom stereocenters. The van der Waals surface area contributed by atoms with E-state index >= 15 is 0 Å². The standard InChI is InChI=1S/C15H19BrClNO3/c1-2-15(14(19)20)5-6-18(10-15)7-8-21-13-4-3-11(17)9-12(13)16/h3-4,9H,2,5-8,10H2,1H3,(H,19,20). The van der Waals surface area contributed by atoms with Gasteiger partial charge >= 0.3 is 5.97 Å². The summed E-state index contributed by atoms with van der Waals surface area (Å²) in [6.45, 7) is 4.61. The highest BCUT2D eigenvalue weighted by molar-refractivity contribution is 9.10. The molecule has 0 spiro atoms. The second kappa shape index (κ2) is 6.99. The van der Waals surface area contributed by atoms with Crippen molar-refractivity contribution in [2.24, 2.45) is 5.41 Å². The third kappa shape index (κ3) is 3.90. The number of benzene rings is 1. The zero-order valence-electron chi connectivity index (χ0n) is 11.9. The maximum atomic E-state index is 11.4. The van der Waals surface area contributed by atoms with Gasteiger partial charge in [0.25, 0.3) is 0 Å². The van der Waals surface area contributed by atoms with Gasteiger partial charge in [-0.3, -0.25) is 9.69 Å². The summed E-state index contributed by atoms with van der Waals surface area (Å²) < 4.78 is 6.55. The molecule has 0 aromatic heterocycles. The van der Waals surface area contributed by atoms with Gasteiger partial charge < -0.3 is 9.84 Å². The second-order valence-electron chi connectivity index (χ2n) is 5.39. The van der Waals surface area contributed by atoms with Gasteiger partial charge in [-0.05, 0) is 53.5 Å². The largest absolute Gasteiger partial charge is 0.491 e. The summed E-state index contributed by atoms with van der Waals surface area (Å²) >= 11 is 9.29. The Labute approximate surface area is 138 Å². The predicted octanol–water partition coefficient (Wildman–Crippen LogP) is 3.67. The molecule has 1 atom stereocenters. The molecule has 1 aromatic rings. The summed E-state index contributed by atoms with van der Waals surface area (Å²) in [6, 6.07) is 5.40. The fraction of sp³-hybridized carbons (Fsp3) is 0.533. The average Bonchev–Trinajstić information content (AvgIpc) is 2.86. The number of rotatable bonds is 6. The van der Waals surface area contributed by atoms with Gasteiger partial charge in [0, 0.05) is 18.1 Å². The Kier molecular flexibility index (Phi) is 5.52. The minimum atomic E-state index is -0.686. The fourth-order valence-electron chi connectivity index (χ4n) is 2.64. The first-order valence-corrected chi connectivity index (χ1v) is 8.17. The van der Waals surface area contributed by atoms with Crippen LogP contribution in [0.3, 0.4) is 0 Å². The van der Waals surface area contributed by atoms with Crippen LogP contribution in [0, 0.1) is 5.41 Å². The maximum Gasteiger partial charge on any atom is 0.310 e. The molecular formula is C15H19BrClNO3.